The lowest BCUT2D eigenvalue weighted by molar-refractivity contribution is 0.0980. The van der Waals surface area contributed by atoms with Crippen LogP contribution in [0.1, 0.15) is 23.1 Å². The number of thiophene rings is 2. The number of nitrogens with zero attached hydrogens (tertiary/aromatic N) is 3. The summed E-state index contributed by atoms with van der Waals surface area (Å²) in [6, 6.07) is 16.1. The molecule has 0 radical (unpaired) electrons. The highest BCUT2D eigenvalue weighted by Gasteiger charge is 2.18. The van der Waals surface area contributed by atoms with Gasteiger partial charge in [-0.2, -0.15) is 16.3 Å². The molecule has 7 heteroatoms. The van der Waals surface area contributed by atoms with E-state index in [1.165, 1.54) is 5.56 Å². The van der Waals surface area contributed by atoms with Crippen molar-refractivity contribution in [1.29, 1.82) is 0 Å². The molecule has 0 aliphatic carbocycles. The van der Waals surface area contributed by atoms with Crippen molar-refractivity contribution < 1.29 is 9.63 Å². The zero-order chi connectivity index (χ0) is 18.5. The molecule has 0 saturated heterocycles. The predicted octanol–water partition coefficient (Wildman–Crippen LogP) is 4.60. The van der Waals surface area contributed by atoms with Gasteiger partial charge in [0.2, 0.25) is 11.7 Å². The van der Waals surface area contributed by atoms with Gasteiger partial charge in [0.25, 0.3) is 0 Å². The molecule has 3 heterocycles. The highest BCUT2D eigenvalue weighted by atomic mass is 32.1. The lowest BCUT2D eigenvalue weighted by atomic mass is 10.1. The second-order valence-corrected chi connectivity index (χ2v) is 7.94. The van der Waals surface area contributed by atoms with Crippen molar-refractivity contribution in [3.8, 4) is 10.7 Å². The van der Waals surface area contributed by atoms with Gasteiger partial charge in [-0.05, 0) is 39.4 Å². The lowest BCUT2D eigenvalue weighted by Crippen LogP contribution is -2.28. The summed E-state index contributed by atoms with van der Waals surface area (Å²) in [6.07, 6.45) is -0.556. The van der Waals surface area contributed by atoms with Crippen LogP contribution in [-0.2, 0) is 13.1 Å². The normalized spacial score (nSPS) is 12.5. The summed E-state index contributed by atoms with van der Waals surface area (Å²) in [5.41, 5.74) is 2.11. The van der Waals surface area contributed by atoms with Crippen molar-refractivity contribution in [1.82, 2.24) is 15.0 Å². The fraction of sp³-hybridized carbons (Fsp3) is 0.200. The SMILES string of the molecule is OC(CN(Cc1ccccc1)Cc1nc(-c2cccs2)no1)c1ccsc1. The molecule has 5 nitrogen and oxygen atoms in total. The van der Waals surface area contributed by atoms with Crippen LogP contribution in [0, 0.1) is 0 Å². The van der Waals surface area contributed by atoms with Crippen LogP contribution in [0.5, 0.6) is 0 Å². The van der Waals surface area contributed by atoms with Crippen molar-refractivity contribution in [2.75, 3.05) is 6.54 Å². The van der Waals surface area contributed by atoms with Gasteiger partial charge >= 0.3 is 0 Å². The van der Waals surface area contributed by atoms with Crippen molar-refractivity contribution in [2.45, 2.75) is 19.2 Å². The summed E-state index contributed by atoms with van der Waals surface area (Å²) in [7, 11) is 0. The molecule has 1 aromatic carbocycles. The van der Waals surface area contributed by atoms with E-state index in [4.69, 9.17) is 4.52 Å². The van der Waals surface area contributed by atoms with Gasteiger partial charge in [-0.25, -0.2) is 0 Å². The molecule has 0 spiro atoms. The number of rotatable bonds is 8. The van der Waals surface area contributed by atoms with E-state index in [1.54, 1.807) is 22.7 Å². The molecular weight excluding hydrogens is 378 g/mol. The minimum atomic E-state index is -0.556. The Labute approximate surface area is 165 Å². The van der Waals surface area contributed by atoms with E-state index in [9.17, 15) is 5.11 Å². The summed E-state index contributed by atoms with van der Waals surface area (Å²) in [6.45, 7) is 1.66. The molecule has 1 unspecified atom stereocenters. The van der Waals surface area contributed by atoms with E-state index in [1.807, 2.05) is 52.5 Å². The molecule has 0 aliphatic rings. The van der Waals surface area contributed by atoms with E-state index in [0.29, 0.717) is 31.3 Å². The maximum absolute atomic E-state index is 10.6. The fourth-order valence-electron chi connectivity index (χ4n) is 2.86. The van der Waals surface area contributed by atoms with Crippen LogP contribution in [0.4, 0.5) is 0 Å². The Balaban J connectivity index is 1.50. The molecule has 0 fully saturated rings. The Morgan fingerprint density at radius 3 is 2.67 bits per heavy atom. The van der Waals surface area contributed by atoms with Gasteiger partial charge in [0.15, 0.2) is 0 Å². The second-order valence-electron chi connectivity index (χ2n) is 6.22. The number of hydrogen-bond donors (Lipinski definition) is 1. The third kappa shape index (κ3) is 4.70. The molecule has 0 aliphatic heterocycles. The summed E-state index contributed by atoms with van der Waals surface area (Å²) in [5, 5.41) is 20.6. The van der Waals surface area contributed by atoms with Gasteiger partial charge in [0.05, 0.1) is 17.5 Å². The zero-order valence-electron chi connectivity index (χ0n) is 14.6. The second kappa shape index (κ2) is 8.58. The lowest BCUT2D eigenvalue weighted by Gasteiger charge is -2.23. The standard InChI is InChI=1S/C20H19N3O2S2/c24-17(16-8-10-26-14-16)12-23(11-15-5-2-1-3-6-15)13-19-21-20(22-25-19)18-7-4-9-27-18/h1-10,14,17,24H,11-13H2. The first kappa shape index (κ1) is 18.1. The first-order valence-electron chi connectivity index (χ1n) is 8.61. The minimum Gasteiger partial charge on any atom is -0.387 e. The highest BCUT2D eigenvalue weighted by molar-refractivity contribution is 7.13. The monoisotopic (exact) mass is 397 g/mol. The Bertz CT molecular complexity index is 937. The quantitative estimate of drug-likeness (QED) is 0.471. The Morgan fingerprint density at radius 1 is 1.04 bits per heavy atom. The van der Waals surface area contributed by atoms with E-state index in [2.05, 4.69) is 27.2 Å². The third-order valence-corrected chi connectivity index (χ3v) is 5.74. The molecule has 0 saturated carbocycles. The Kier molecular flexibility index (Phi) is 5.74. The number of aromatic nitrogens is 2. The first-order chi connectivity index (χ1) is 13.3. The predicted molar refractivity (Wildman–Crippen MR) is 107 cm³/mol. The first-order valence-corrected chi connectivity index (χ1v) is 10.4. The molecule has 4 rings (SSSR count). The van der Waals surface area contributed by atoms with E-state index < -0.39 is 6.10 Å². The van der Waals surface area contributed by atoms with Crippen LogP contribution in [0.15, 0.2) is 69.2 Å². The molecule has 3 aromatic heterocycles. The summed E-state index contributed by atoms with van der Waals surface area (Å²) in [4.78, 5) is 7.63. The molecule has 27 heavy (non-hydrogen) atoms. The largest absolute Gasteiger partial charge is 0.387 e. The Morgan fingerprint density at radius 2 is 1.93 bits per heavy atom. The average Bonchev–Trinajstić information content (AvgIpc) is 3.44. The molecule has 0 amide bonds. The maximum Gasteiger partial charge on any atom is 0.241 e. The van der Waals surface area contributed by atoms with Gasteiger partial charge < -0.3 is 9.63 Å². The Hall–Kier alpha value is -2.32. The number of hydrogen-bond acceptors (Lipinski definition) is 7. The number of aliphatic hydroxyl groups excluding tert-OH is 1. The number of benzene rings is 1. The fourth-order valence-corrected chi connectivity index (χ4v) is 4.21. The van der Waals surface area contributed by atoms with Crippen LogP contribution < -0.4 is 0 Å². The van der Waals surface area contributed by atoms with Crippen molar-refractivity contribution in [3.63, 3.8) is 0 Å². The van der Waals surface area contributed by atoms with Gasteiger partial charge in [-0.15, -0.1) is 11.3 Å². The summed E-state index contributed by atoms with van der Waals surface area (Å²) >= 11 is 3.17. The van der Waals surface area contributed by atoms with Crippen molar-refractivity contribution in [2.24, 2.45) is 0 Å². The van der Waals surface area contributed by atoms with Crippen LogP contribution in [0.25, 0.3) is 10.7 Å². The molecule has 4 aromatic rings. The third-order valence-electron chi connectivity index (χ3n) is 4.18. The van der Waals surface area contributed by atoms with Crippen LogP contribution >= 0.6 is 22.7 Å². The topological polar surface area (TPSA) is 62.4 Å². The van der Waals surface area contributed by atoms with E-state index >= 15 is 0 Å². The van der Waals surface area contributed by atoms with Crippen LogP contribution in [0.3, 0.4) is 0 Å². The number of aliphatic hydroxyl groups is 1. The molecule has 138 valence electrons. The summed E-state index contributed by atoms with van der Waals surface area (Å²) < 4.78 is 5.45. The smallest absolute Gasteiger partial charge is 0.241 e. The van der Waals surface area contributed by atoms with Crippen LogP contribution in [-0.4, -0.2) is 26.7 Å². The van der Waals surface area contributed by atoms with Gasteiger partial charge in [0, 0.05) is 13.1 Å². The minimum absolute atomic E-state index is 0.481. The van der Waals surface area contributed by atoms with E-state index in [0.717, 1.165) is 10.4 Å². The average molecular weight is 398 g/mol. The highest BCUT2D eigenvalue weighted by Crippen LogP contribution is 2.23. The van der Waals surface area contributed by atoms with E-state index in [-0.39, 0.29) is 0 Å². The van der Waals surface area contributed by atoms with Crippen molar-refractivity contribution >= 4 is 22.7 Å². The molecular formula is C20H19N3O2S2. The summed E-state index contributed by atoms with van der Waals surface area (Å²) in [5.74, 6) is 1.16. The zero-order valence-corrected chi connectivity index (χ0v) is 16.2. The van der Waals surface area contributed by atoms with Gasteiger partial charge in [-0.1, -0.05) is 41.6 Å². The van der Waals surface area contributed by atoms with Crippen molar-refractivity contribution in [3.05, 3.63) is 81.7 Å². The maximum atomic E-state index is 10.6. The molecule has 0 bridgehead atoms. The molecule has 1 atom stereocenters. The van der Waals surface area contributed by atoms with Gasteiger partial charge in [-0.3, -0.25) is 4.90 Å². The van der Waals surface area contributed by atoms with Crippen LogP contribution in [0.2, 0.25) is 0 Å². The van der Waals surface area contributed by atoms with Gasteiger partial charge in [0.1, 0.15) is 0 Å². The molecule has 1 N–H and O–H groups in total.